The average molecular weight is 314 g/mol. The Morgan fingerprint density at radius 3 is 1.42 bits per heavy atom. The van der Waals surface area contributed by atoms with Crippen LogP contribution < -0.4 is 9.47 Å². The molecule has 24 heavy (non-hydrogen) atoms. The summed E-state index contributed by atoms with van der Waals surface area (Å²) >= 11 is 0. The Morgan fingerprint density at radius 1 is 0.542 bits per heavy atom. The third-order valence-corrected chi connectivity index (χ3v) is 5.45. The first kappa shape index (κ1) is 13.7. The number of ether oxygens (including phenoxy) is 2. The normalized spacial score (nSPS) is 19.2. The van der Waals surface area contributed by atoms with Gasteiger partial charge >= 0.3 is 0 Å². The molecule has 2 heteroatoms. The van der Waals surface area contributed by atoms with Crippen molar-refractivity contribution < 1.29 is 9.47 Å². The molecule has 0 saturated carbocycles. The van der Waals surface area contributed by atoms with Crippen molar-refractivity contribution in [3.05, 3.63) is 94.0 Å². The van der Waals surface area contributed by atoms with Crippen LogP contribution in [0.25, 0.3) is 0 Å². The molecule has 3 aliphatic carbocycles. The highest BCUT2D eigenvalue weighted by Gasteiger charge is 2.41. The van der Waals surface area contributed by atoms with Gasteiger partial charge in [0.1, 0.15) is 11.5 Å². The molecule has 0 N–H and O–H groups in total. The summed E-state index contributed by atoms with van der Waals surface area (Å²) in [6.07, 6.45) is 0. The van der Waals surface area contributed by atoms with E-state index in [-0.39, 0.29) is 5.92 Å². The molecule has 0 radical (unpaired) electrons. The molecule has 0 atom stereocenters. The van der Waals surface area contributed by atoms with Crippen LogP contribution in [0.15, 0.2) is 60.7 Å². The Kier molecular flexibility index (Phi) is 2.78. The molecule has 0 unspecified atom stereocenters. The highest BCUT2D eigenvalue weighted by Crippen LogP contribution is 2.56. The van der Waals surface area contributed by atoms with Crippen LogP contribution in [0.4, 0.5) is 0 Å². The zero-order valence-corrected chi connectivity index (χ0v) is 13.7. The van der Waals surface area contributed by atoms with Crippen LogP contribution in [0.1, 0.15) is 45.2 Å². The Labute approximate surface area is 141 Å². The van der Waals surface area contributed by atoms with Crippen LogP contribution in [0.3, 0.4) is 0 Å². The van der Waals surface area contributed by atoms with E-state index < -0.39 is 0 Å². The topological polar surface area (TPSA) is 18.5 Å². The lowest BCUT2D eigenvalue weighted by atomic mass is 9.61. The van der Waals surface area contributed by atoms with Crippen molar-refractivity contribution in [3.63, 3.8) is 0 Å². The monoisotopic (exact) mass is 314 g/mol. The zero-order chi connectivity index (χ0) is 16.3. The molecule has 2 bridgehead atoms. The second kappa shape index (κ2) is 4.88. The molecular formula is C22H18O2. The van der Waals surface area contributed by atoms with Gasteiger partial charge in [-0.15, -0.1) is 0 Å². The van der Waals surface area contributed by atoms with Gasteiger partial charge < -0.3 is 9.47 Å². The Morgan fingerprint density at radius 2 is 0.958 bits per heavy atom. The number of hydrogen-bond acceptors (Lipinski definition) is 2. The molecule has 0 fully saturated rings. The van der Waals surface area contributed by atoms with Gasteiger partial charge in [0.05, 0.1) is 14.2 Å². The van der Waals surface area contributed by atoms with Crippen LogP contribution in [0.5, 0.6) is 11.5 Å². The van der Waals surface area contributed by atoms with Crippen molar-refractivity contribution >= 4 is 0 Å². The molecule has 6 rings (SSSR count). The first-order chi connectivity index (χ1) is 11.8. The second-order valence-electron chi connectivity index (χ2n) is 6.48. The molecule has 0 saturated heterocycles. The maximum atomic E-state index is 5.48. The minimum absolute atomic E-state index is 0.251. The molecule has 3 aromatic carbocycles. The van der Waals surface area contributed by atoms with Gasteiger partial charge in [-0.3, -0.25) is 0 Å². The number of hydrogen-bond donors (Lipinski definition) is 0. The van der Waals surface area contributed by atoms with Gasteiger partial charge in [-0.1, -0.05) is 36.4 Å². The van der Waals surface area contributed by atoms with E-state index in [1.807, 2.05) is 0 Å². The summed E-state index contributed by atoms with van der Waals surface area (Å²) in [5.41, 5.74) is 8.36. The standard InChI is InChI=1S/C22H18O2/c1-23-13-7-9-17-19(11-13)22-16-6-4-3-5-15(16)21(17)18-10-8-14(24-2)12-20(18)22/h3-12,21-22H,1-2H3. The van der Waals surface area contributed by atoms with Gasteiger partial charge in [0.25, 0.3) is 0 Å². The van der Waals surface area contributed by atoms with E-state index in [0.29, 0.717) is 5.92 Å². The minimum atomic E-state index is 0.251. The summed E-state index contributed by atoms with van der Waals surface area (Å²) in [7, 11) is 3.46. The Hall–Kier alpha value is -2.74. The molecule has 0 aliphatic heterocycles. The Bertz CT molecular complexity index is 902. The minimum Gasteiger partial charge on any atom is -0.497 e. The largest absolute Gasteiger partial charge is 0.497 e. The van der Waals surface area contributed by atoms with Crippen molar-refractivity contribution in [1.82, 2.24) is 0 Å². The fourth-order valence-corrected chi connectivity index (χ4v) is 4.43. The maximum Gasteiger partial charge on any atom is 0.119 e. The van der Waals surface area contributed by atoms with Gasteiger partial charge in [-0.2, -0.15) is 0 Å². The van der Waals surface area contributed by atoms with Crippen LogP contribution in [-0.4, -0.2) is 14.2 Å². The first-order valence-corrected chi connectivity index (χ1v) is 8.26. The van der Waals surface area contributed by atoms with Crippen molar-refractivity contribution in [2.45, 2.75) is 11.8 Å². The van der Waals surface area contributed by atoms with E-state index in [1.54, 1.807) is 14.2 Å². The van der Waals surface area contributed by atoms with Gasteiger partial charge in [0, 0.05) is 11.8 Å². The lowest BCUT2D eigenvalue weighted by Crippen LogP contribution is -2.27. The van der Waals surface area contributed by atoms with Crippen molar-refractivity contribution in [2.75, 3.05) is 14.2 Å². The fraction of sp³-hybridized carbons (Fsp3) is 0.182. The third-order valence-electron chi connectivity index (χ3n) is 5.45. The van der Waals surface area contributed by atoms with E-state index in [0.717, 1.165) is 11.5 Å². The van der Waals surface area contributed by atoms with Crippen molar-refractivity contribution in [2.24, 2.45) is 0 Å². The lowest BCUT2D eigenvalue weighted by Gasteiger charge is -2.42. The van der Waals surface area contributed by atoms with Crippen molar-refractivity contribution in [1.29, 1.82) is 0 Å². The molecule has 2 nitrogen and oxygen atoms in total. The van der Waals surface area contributed by atoms with Gasteiger partial charge in [0.15, 0.2) is 0 Å². The van der Waals surface area contributed by atoms with E-state index >= 15 is 0 Å². The van der Waals surface area contributed by atoms with Crippen LogP contribution in [0.2, 0.25) is 0 Å². The number of methoxy groups -OCH3 is 2. The van der Waals surface area contributed by atoms with Crippen molar-refractivity contribution in [3.8, 4) is 11.5 Å². The molecule has 0 heterocycles. The van der Waals surface area contributed by atoms with Crippen LogP contribution in [0, 0.1) is 0 Å². The summed E-state index contributed by atoms with van der Waals surface area (Å²) in [5.74, 6) is 2.39. The molecule has 118 valence electrons. The summed E-state index contributed by atoms with van der Waals surface area (Å²) in [6.45, 7) is 0. The third kappa shape index (κ3) is 1.66. The van der Waals surface area contributed by atoms with Crippen LogP contribution in [-0.2, 0) is 0 Å². The average Bonchev–Trinajstić information content (AvgIpc) is 2.66. The van der Waals surface area contributed by atoms with Gasteiger partial charge in [0.2, 0.25) is 0 Å². The summed E-state index contributed by atoms with van der Waals surface area (Å²) in [6, 6.07) is 21.8. The predicted octanol–water partition coefficient (Wildman–Crippen LogP) is 4.69. The zero-order valence-electron chi connectivity index (χ0n) is 13.7. The molecule has 0 amide bonds. The summed E-state index contributed by atoms with van der Waals surface area (Å²) in [5, 5.41) is 0. The fourth-order valence-electron chi connectivity index (χ4n) is 4.43. The molecule has 3 aliphatic rings. The Balaban J connectivity index is 1.84. The smallest absolute Gasteiger partial charge is 0.119 e. The van der Waals surface area contributed by atoms with E-state index in [4.69, 9.17) is 9.47 Å². The van der Waals surface area contributed by atoms with Gasteiger partial charge in [-0.25, -0.2) is 0 Å². The number of benzene rings is 3. The lowest BCUT2D eigenvalue weighted by molar-refractivity contribution is 0.412. The quantitative estimate of drug-likeness (QED) is 0.470. The SMILES string of the molecule is COc1ccc2c(c1)C1c3ccccc3C2c2ccc(OC)cc21. The van der Waals surface area contributed by atoms with E-state index in [2.05, 4.69) is 60.7 Å². The first-order valence-electron chi connectivity index (χ1n) is 8.26. The predicted molar refractivity (Wildman–Crippen MR) is 94.3 cm³/mol. The van der Waals surface area contributed by atoms with E-state index in [9.17, 15) is 0 Å². The highest BCUT2D eigenvalue weighted by molar-refractivity contribution is 5.69. The number of rotatable bonds is 2. The molecule has 0 aromatic heterocycles. The molecular weight excluding hydrogens is 296 g/mol. The summed E-state index contributed by atoms with van der Waals surface area (Å²) in [4.78, 5) is 0. The van der Waals surface area contributed by atoms with Gasteiger partial charge in [-0.05, 0) is 57.6 Å². The summed E-state index contributed by atoms with van der Waals surface area (Å²) < 4.78 is 11.0. The van der Waals surface area contributed by atoms with E-state index in [1.165, 1.54) is 33.4 Å². The van der Waals surface area contributed by atoms with Crippen LogP contribution >= 0.6 is 0 Å². The highest BCUT2D eigenvalue weighted by atomic mass is 16.5. The second-order valence-corrected chi connectivity index (χ2v) is 6.48. The maximum absolute atomic E-state index is 5.48. The molecule has 3 aromatic rings. The molecule has 0 spiro atoms.